The molecule has 0 aliphatic carbocycles. The molecular formula is C29H40O10. The van der Waals surface area contributed by atoms with Gasteiger partial charge in [-0.3, -0.25) is 9.59 Å². The van der Waals surface area contributed by atoms with Gasteiger partial charge in [-0.2, -0.15) is 0 Å². The van der Waals surface area contributed by atoms with Gasteiger partial charge in [0, 0.05) is 20.3 Å². The van der Waals surface area contributed by atoms with Crippen molar-refractivity contribution in [3.63, 3.8) is 0 Å². The molecule has 39 heavy (non-hydrogen) atoms. The second-order valence-corrected chi connectivity index (χ2v) is 8.84. The number of benzene rings is 2. The summed E-state index contributed by atoms with van der Waals surface area (Å²) in [6, 6.07) is 7.45. The quantitative estimate of drug-likeness (QED) is 0.277. The summed E-state index contributed by atoms with van der Waals surface area (Å²) < 4.78 is 43.8. The van der Waals surface area contributed by atoms with Crippen molar-refractivity contribution in [2.75, 3.05) is 42.7 Å². The molecule has 0 spiro atoms. The van der Waals surface area contributed by atoms with Crippen LogP contribution in [-0.2, 0) is 31.9 Å². The van der Waals surface area contributed by atoms with Crippen molar-refractivity contribution in [1.29, 1.82) is 0 Å². The molecule has 0 bridgehead atoms. The first kappa shape index (κ1) is 31.4. The third kappa shape index (κ3) is 9.15. The van der Waals surface area contributed by atoms with E-state index < -0.39 is 24.1 Å². The van der Waals surface area contributed by atoms with Crippen LogP contribution in [0.5, 0.6) is 34.5 Å². The standard InChI is InChI=1S/C29H40O10/c1-18(30)38-22(11-9-20-13-24(32-3)28(36-7)25(14-20)33-4)17-23(39-19(2)31)12-10-21-15-26(34-5)29(37-8)27(16-21)35-6/h13-16,22-23H,9-12,17H2,1-8H3/t22-,23-/m1/s1. The van der Waals surface area contributed by atoms with Crippen molar-refractivity contribution in [3.8, 4) is 34.5 Å². The van der Waals surface area contributed by atoms with Crippen LogP contribution >= 0.6 is 0 Å². The number of esters is 2. The Morgan fingerprint density at radius 3 is 1.10 bits per heavy atom. The number of carbonyl (C=O) groups is 2. The molecule has 10 nitrogen and oxygen atoms in total. The van der Waals surface area contributed by atoms with Crippen LogP contribution in [0.25, 0.3) is 0 Å². The molecule has 0 aliphatic rings. The summed E-state index contributed by atoms with van der Waals surface area (Å²) in [6.45, 7) is 2.73. The number of aryl methyl sites for hydroxylation is 2. The van der Waals surface area contributed by atoms with E-state index in [0.717, 1.165) is 11.1 Å². The summed E-state index contributed by atoms with van der Waals surface area (Å²) in [5.74, 6) is 2.35. The molecule has 0 aliphatic heterocycles. The monoisotopic (exact) mass is 548 g/mol. The molecule has 0 radical (unpaired) electrons. The van der Waals surface area contributed by atoms with Gasteiger partial charge in [0.25, 0.3) is 0 Å². The summed E-state index contributed by atoms with van der Waals surface area (Å²) in [5.41, 5.74) is 1.84. The summed E-state index contributed by atoms with van der Waals surface area (Å²) >= 11 is 0. The summed E-state index contributed by atoms with van der Waals surface area (Å²) in [6.07, 6.45) is 1.51. The first-order valence-corrected chi connectivity index (χ1v) is 12.6. The van der Waals surface area contributed by atoms with E-state index in [4.69, 9.17) is 37.9 Å². The van der Waals surface area contributed by atoms with Crippen LogP contribution in [0.1, 0.15) is 44.2 Å². The maximum Gasteiger partial charge on any atom is 0.302 e. The molecule has 0 fully saturated rings. The Bertz CT molecular complexity index is 962. The minimum atomic E-state index is -0.481. The van der Waals surface area contributed by atoms with E-state index in [1.807, 2.05) is 24.3 Å². The second kappa shape index (κ2) is 15.6. The van der Waals surface area contributed by atoms with Crippen molar-refractivity contribution < 1.29 is 47.5 Å². The normalized spacial score (nSPS) is 12.1. The Balaban J connectivity index is 2.21. The van der Waals surface area contributed by atoms with Gasteiger partial charge < -0.3 is 37.9 Å². The highest BCUT2D eigenvalue weighted by Crippen LogP contribution is 2.40. The lowest BCUT2D eigenvalue weighted by molar-refractivity contribution is -0.153. The smallest absolute Gasteiger partial charge is 0.302 e. The fraction of sp³-hybridized carbons (Fsp3) is 0.517. The molecule has 0 saturated carbocycles. The SMILES string of the molecule is COc1cc(CC[C@H](C[C@@H](CCc2cc(OC)c(OC)c(OC)c2)OC(C)=O)OC(C)=O)cc(OC)c1OC. The Kier molecular flexibility index (Phi) is 12.5. The summed E-state index contributed by atoms with van der Waals surface area (Å²) in [7, 11) is 9.32. The Morgan fingerprint density at radius 2 is 0.872 bits per heavy atom. The molecule has 2 aromatic carbocycles. The molecule has 0 N–H and O–H groups in total. The number of methoxy groups -OCH3 is 6. The average Bonchev–Trinajstić information content (AvgIpc) is 2.92. The summed E-state index contributed by atoms with van der Waals surface area (Å²) in [5, 5.41) is 0. The maximum atomic E-state index is 11.9. The summed E-state index contributed by atoms with van der Waals surface area (Å²) in [4.78, 5) is 23.8. The lowest BCUT2D eigenvalue weighted by Gasteiger charge is -2.24. The van der Waals surface area contributed by atoms with Gasteiger partial charge in [0.1, 0.15) is 12.2 Å². The zero-order chi connectivity index (χ0) is 28.9. The van der Waals surface area contributed by atoms with Crippen molar-refractivity contribution in [3.05, 3.63) is 35.4 Å². The van der Waals surface area contributed by atoms with E-state index in [1.54, 1.807) is 42.7 Å². The van der Waals surface area contributed by atoms with Gasteiger partial charge >= 0.3 is 11.9 Å². The fourth-order valence-corrected chi connectivity index (χ4v) is 4.43. The predicted octanol–water partition coefficient (Wildman–Crippen LogP) is 4.56. The van der Waals surface area contributed by atoms with Crippen molar-refractivity contribution >= 4 is 11.9 Å². The van der Waals surface area contributed by atoms with E-state index in [9.17, 15) is 9.59 Å². The number of carbonyl (C=O) groups excluding carboxylic acids is 2. The molecule has 216 valence electrons. The van der Waals surface area contributed by atoms with Crippen molar-refractivity contribution in [2.24, 2.45) is 0 Å². The number of hydrogen-bond acceptors (Lipinski definition) is 10. The van der Waals surface area contributed by atoms with Gasteiger partial charge in [-0.1, -0.05) is 0 Å². The highest BCUT2D eigenvalue weighted by molar-refractivity contribution is 5.66. The third-order valence-electron chi connectivity index (χ3n) is 6.15. The topological polar surface area (TPSA) is 108 Å². The molecule has 10 heteroatoms. The minimum Gasteiger partial charge on any atom is -0.493 e. The molecule has 2 aromatic rings. The van der Waals surface area contributed by atoms with Crippen LogP contribution in [0.2, 0.25) is 0 Å². The van der Waals surface area contributed by atoms with E-state index in [-0.39, 0.29) is 0 Å². The number of ether oxygens (including phenoxy) is 8. The maximum absolute atomic E-state index is 11.9. The van der Waals surface area contributed by atoms with Crippen molar-refractivity contribution in [2.45, 2.75) is 58.2 Å². The van der Waals surface area contributed by atoms with Gasteiger partial charge in [-0.25, -0.2) is 0 Å². The zero-order valence-electron chi connectivity index (χ0n) is 24.1. The molecule has 2 atom stereocenters. The lowest BCUT2D eigenvalue weighted by Crippen LogP contribution is -2.27. The van der Waals surface area contributed by atoms with Crippen LogP contribution in [0.3, 0.4) is 0 Å². The van der Waals surface area contributed by atoms with Crippen LogP contribution in [0, 0.1) is 0 Å². The van der Waals surface area contributed by atoms with Crippen LogP contribution in [0.15, 0.2) is 24.3 Å². The Morgan fingerprint density at radius 1 is 0.564 bits per heavy atom. The number of hydrogen-bond donors (Lipinski definition) is 0. The highest BCUT2D eigenvalue weighted by Gasteiger charge is 2.23. The molecule has 0 heterocycles. The number of rotatable bonds is 16. The van der Waals surface area contributed by atoms with Gasteiger partial charge in [0.15, 0.2) is 23.0 Å². The average molecular weight is 549 g/mol. The zero-order valence-corrected chi connectivity index (χ0v) is 24.1. The van der Waals surface area contributed by atoms with Gasteiger partial charge in [-0.15, -0.1) is 0 Å². The fourth-order valence-electron chi connectivity index (χ4n) is 4.43. The van der Waals surface area contributed by atoms with E-state index in [0.29, 0.717) is 66.6 Å². The Labute approximate surface area is 230 Å². The first-order valence-electron chi connectivity index (χ1n) is 12.6. The Hall–Kier alpha value is -3.82. The van der Waals surface area contributed by atoms with E-state index in [1.165, 1.54) is 13.8 Å². The van der Waals surface area contributed by atoms with Crippen LogP contribution in [0.4, 0.5) is 0 Å². The molecule has 0 unspecified atom stereocenters. The highest BCUT2D eigenvalue weighted by atomic mass is 16.6. The molecule has 0 saturated heterocycles. The van der Waals surface area contributed by atoms with Gasteiger partial charge in [0.05, 0.1) is 42.7 Å². The minimum absolute atomic E-state index is 0.341. The molecule has 0 aromatic heterocycles. The van der Waals surface area contributed by atoms with Crippen LogP contribution < -0.4 is 28.4 Å². The molecule has 2 rings (SSSR count). The lowest BCUT2D eigenvalue weighted by atomic mass is 9.98. The first-order chi connectivity index (χ1) is 18.7. The van der Waals surface area contributed by atoms with Crippen LogP contribution in [-0.4, -0.2) is 66.8 Å². The third-order valence-corrected chi connectivity index (χ3v) is 6.15. The second-order valence-electron chi connectivity index (χ2n) is 8.84. The van der Waals surface area contributed by atoms with E-state index >= 15 is 0 Å². The van der Waals surface area contributed by atoms with Gasteiger partial charge in [0.2, 0.25) is 11.5 Å². The largest absolute Gasteiger partial charge is 0.493 e. The molecular weight excluding hydrogens is 508 g/mol. The van der Waals surface area contributed by atoms with E-state index in [2.05, 4.69) is 0 Å². The van der Waals surface area contributed by atoms with Gasteiger partial charge in [-0.05, 0) is 61.1 Å². The van der Waals surface area contributed by atoms with Crippen molar-refractivity contribution in [1.82, 2.24) is 0 Å². The predicted molar refractivity (Wildman–Crippen MR) is 145 cm³/mol. The molecule has 0 amide bonds.